The predicted molar refractivity (Wildman–Crippen MR) is 59.6 cm³/mol. The van der Waals surface area contributed by atoms with Crippen LogP contribution >= 0.6 is 0 Å². The van der Waals surface area contributed by atoms with Crippen LogP contribution < -0.4 is 0 Å². The van der Waals surface area contributed by atoms with Crippen molar-refractivity contribution in [2.24, 2.45) is 0 Å². The van der Waals surface area contributed by atoms with Crippen molar-refractivity contribution in [3.05, 3.63) is 0 Å². The van der Waals surface area contributed by atoms with E-state index in [4.69, 9.17) is 6.42 Å². The molecule has 0 heterocycles. The quantitative estimate of drug-likeness (QED) is 0.465. The summed E-state index contributed by atoms with van der Waals surface area (Å²) in [5.41, 5.74) is 0. The van der Waals surface area contributed by atoms with Gasteiger partial charge in [-0.2, -0.15) is 0 Å². The number of Topliss-reactive ketones (excluding diaryl/α,β-unsaturated/α-hetero) is 1. The lowest BCUT2D eigenvalue weighted by Crippen LogP contribution is -1.87. The van der Waals surface area contributed by atoms with Gasteiger partial charge in [0.15, 0.2) is 0 Å². The van der Waals surface area contributed by atoms with Crippen molar-refractivity contribution in [1.82, 2.24) is 0 Å². The Bertz CT molecular complexity index is 247. The van der Waals surface area contributed by atoms with E-state index in [1.54, 1.807) is 6.92 Å². The minimum Gasteiger partial charge on any atom is -0.300 e. The molecule has 76 valence electrons. The molecule has 0 aromatic heterocycles. The molecule has 0 atom stereocenters. The first-order chi connectivity index (χ1) is 6.77. The number of hydrogen-bond donors (Lipinski definition) is 0. The number of rotatable bonds is 6. The van der Waals surface area contributed by atoms with Crippen LogP contribution in [-0.2, 0) is 4.79 Å². The Morgan fingerprint density at radius 1 is 1.07 bits per heavy atom. The first-order valence-corrected chi connectivity index (χ1v) is 5.16. The van der Waals surface area contributed by atoms with Crippen molar-refractivity contribution in [3.8, 4) is 24.2 Å². The van der Waals surface area contributed by atoms with Gasteiger partial charge < -0.3 is 4.79 Å². The van der Waals surface area contributed by atoms with Crippen molar-refractivity contribution in [2.45, 2.75) is 51.9 Å². The Kier molecular flexibility index (Phi) is 9.02. The molecule has 0 aliphatic heterocycles. The predicted octanol–water partition coefficient (Wildman–Crippen LogP) is 2.94. The second-order valence-corrected chi connectivity index (χ2v) is 3.32. The molecule has 0 unspecified atom stereocenters. The fourth-order valence-corrected chi connectivity index (χ4v) is 1.04. The van der Waals surface area contributed by atoms with Crippen LogP contribution in [0.15, 0.2) is 0 Å². The van der Waals surface area contributed by atoms with Gasteiger partial charge in [0.2, 0.25) is 0 Å². The second-order valence-electron chi connectivity index (χ2n) is 3.32. The van der Waals surface area contributed by atoms with Gasteiger partial charge in [0.25, 0.3) is 0 Å². The zero-order valence-electron chi connectivity index (χ0n) is 8.94. The summed E-state index contributed by atoms with van der Waals surface area (Å²) < 4.78 is 0. The second kappa shape index (κ2) is 9.87. The monoisotopic (exact) mass is 190 g/mol. The first-order valence-electron chi connectivity index (χ1n) is 5.16. The molecule has 0 aromatic rings. The van der Waals surface area contributed by atoms with Gasteiger partial charge in [-0.25, -0.2) is 0 Å². The number of ketones is 1. The molecular formula is C13H18O. The van der Waals surface area contributed by atoms with E-state index in [1.807, 2.05) is 0 Å². The van der Waals surface area contributed by atoms with E-state index in [2.05, 4.69) is 17.8 Å². The molecule has 1 heteroatoms. The molecule has 0 aliphatic rings. The Labute approximate surface area is 87.3 Å². The molecule has 0 aromatic carbocycles. The van der Waals surface area contributed by atoms with Crippen LogP contribution in [0.5, 0.6) is 0 Å². The van der Waals surface area contributed by atoms with Crippen LogP contribution in [0.3, 0.4) is 0 Å². The largest absolute Gasteiger partial charge is 0.300 e. The third-order valence-corrected chi connectivity index (χ3v) is 1.83. The van der Waals surface area contributed by atoms with Crippen LogP contribution in [0, 0.1) is 24.2 Å². The smallest absolute Gasteiger partial charge is 0.129 e. The minimum atomic E-state index is 0.251. The minimum absolute atomic E-state index is 0.251. The van der Waals surface area contributed by atoms with E-state index < -0.39 is 0 Å². The summed E-state index contributed by atoms with van der Waals surface area (Å²) in [6.45, 7) is 1.62. The molecular weight excluding hydrogens is 172 g/mol. The summed E-state index contributed by atoms with van der Waals surface area (Å²) in [7, 11) is 0. The van der Waals surface area contributed by atoms with Gasteiger partial charge in [-0.1, -0.05) is 0 Å². The van der Waals surface area contributed by atoms with E-state index >= 15 is 0 Å². The molecule has 14 heavy (non-hydrogen) atoms. The van der Waals surface area contributed by atoms with E-state index in [-0.39, 0.29) is 5.78 Å². The van der Waals surface area contributed by atoms with Gasteiger partial charge in [0, 0.05) is 25.7 Å². The lowest BCUT2D eigenvalue weighted by Gasteiger charge is -1.90. The molecule has 0 bridgehead atoms. The maximum absolute atomic E-state index is 10.6. The van der Waals surface area contributed by atoms with Crippen molar-refractivity contribution in [1.29, 1.82) is 0 Å². The maximum Gasteiger partial charge on any atom is 0.129 e. The summed E-state index contributed by atoms with van der Waals surface area (Å²) >= 11 is 0. The summed E-state index contributed by atoms with van der Waals surface area (Å²) in [5.74, 6) is 9.01. The highest BCUT2D eigenvalue weighted by Crippen LogP contribution is 1.98. The van der Waals surface area contributed by atoms with Gasteiger partial charge in [-0.05, 0) is 26.2 Å². The molecule has 0 radical (unpaired) electrons. The topological polar surface area (TPSA) is 17.1 Å². The third-order valence-electron chi connectivity index (χ3n) is 1.83. The number of carbonyl (C=O) groups excluding carboxylic acids is 1. The van der Waals surface area contributed by atoms with Gasteiger partial charge in [0.1, 0.15) is 5.78 Å². The third kappa shape index (κ3) is 10.8. The van der Waals surface area contributed by atoms with Crippen LogP contribution in [0.25, 0.3) is 0 Å². The molecule has 0 N–H and O–H groups in total. The Morgan fingerprint density at radius 3 is 2.21 bits per heavy atom. The lowest BCUT2D eigenvalue weighted by molar-refractivity contribution is -0.117. The molecule has 0 spiro atoms. The number of terminal acetylenes is 1. The zero-order chi connectivity index (χ0) is 10.6. The maximum atomic E-state index is 10.6. The highest BCUT2D eigenvalue weighted by atomic mass is 16.1. The van der Waals surface area contributed by atoms with Crippen molar-refractivity contribution in [3.63, 3.8) is 0 Å². The van der Waals surface area contributed by atoms with E-state index in [1.165, 1.54) is 0 Å². The Morgan fingerprint density at radius 2 is 1.64 bits per heavy atom. The molecule has 0 rings (SSSR count). The normalized spacial score (nSPS) is 8.57. The summed E-state index contributed by atoms with van der Waals surface area (Å²) in [6.07, 6.45) is 11.5. The fourth-order valence-electron chi connectivity index (χ4n) is 1.04. The average Bonchev–Trinajstić information content (AvgIpc) is 2.15. The van der Waals surface area contributed by atoms with Crippen LogP contribution in [0.4, 0.5) is 0 Å². The summed E-state index contributed by atoms with van der Waals surface area (Å²) in [5, 5.41) is 0. The highest BCUT2D eigenvalue weighted by molar-refractivity contribution is 5.75. The molecule has 1 nitrogen and oxygen atoms in total. The molecule has 0 saturated heterocycles. The van der Waals surface area contributed by atoms with Gasteiger partial charge in [-0.3, -0.25) is 0 Å². The van der Waals surface area contributed by atoms with Gasteiger partial charge >= 0.3 is 0 Å². The zero-order valence-corrected chi connectivity index (χ0v) is 8.94. The van der Waals surface area contributed by atoms with E-state index in [0.717, 1.165) is 38.5 Å². The van der Waals surface area contributed by atoms with Crippen molar-refractivity contribution < 1.29 is 4.79 Å². The first kappa shape index (κ1) is 12.8. The highest BCUT2D eigenvalue weighted by Gasteiger charge is 1.89. The van der Waals surface area contributed by atoms with Gasteiger partial charge in [-0.15, -0.1) is 24.2 Å². The van der Waals surface area contributed by atoms with Crippen LogP contribution in [0.1, 0.15) is 51.9 Å². The van der Waals surface area contributed by atoms with Crippen molar-refractivity contribution >= 4 is 5.78 Å². The molecule has 0 aliphatic carbocycles. The van der Waals surface area contributed by atoms with Gasteiger partial charge in [0.05, 0.1) is 0 Å². The number of carbonyl (C=O) groups is 1. The van der Waals surface area contributed by atoms with E-state index in [0.29, 0.717) is 6.42 Å². The lowest BCUT2D eigenvalue weighted by atomic mass is 10.1. The van der Waals surface area contributed by atoms with E-state index in [9.17, 15) is 4.79 Å². The van der Waals surface area contributed by atoms with Crippen LogP contribution in [0.2, 0.25) is 0 Å². The Hall–Kier alpha value is -1.21. The fraction of sp³-hybridized carbons (Fsp3) is 0.615. The SMILES string of the molecule is C#CCCCCC#CCCCC(C)=O. The molecule has 0 fully saturated rings. The average molecular weight is 190 g/mol. The molecule has 0 saturated carbocycles. The standard InChI is InChI=1S/C13H18O/c1-3-4-5-6-7-8-9-10-11-12-13(2)14/h1H,4-7,10-12H2,2H3. The van der Waals surface area contributed by atoms with Crippen LogP contribution in [-0.4, -0.2) is 5.78 Å². The number of hydrogen-bond acceptors (Lipinski definition) is 1. The molecule has 0 amide bonds. The summed E-state index contributed by atoms with van der Waals surface area (Å²) in [6, 6.07) is 0. The summed E-state index contributed by atoms with van der Waals surface area (Å²) in [4.78, 5) is 10.6. The van der Waals surface area contributed by atoms with Crippen molar-refractivity contribution in [2.75, 3.05) is 0 Å². The Balaban J connectivity index is 3.19. The number of unbranched alkanes of at least 4 members (excludes halogenated alkanes) is 4.